The molecule has 0 saturated heterocycles. The van der Waals surface area contributed by atoms with Gasteiger partial charge in [0.2, 0.25) is 0 Å². The van der Waals surface area contributed by atoms with Crippen molar-refractivity contribution in [3.05, 3.63) is 52.0 Å². The molecule has 0 aromatic heterocycles. The van der Waals surface area contributed by atoms with Crippen molar-refractivity contribution in [1.82, 2.24) is 0 Å². The first kappa shape index (κ1) is 17.6. The van der Waals surface area contributed by atoms with E-state index in [-0.39, 0.29) is 32.0 Å². The maximum atomic E-state index is 12.5. The van der Waals surface area contributed by atoms with Crippen molar-refractivity contribution in [2.75, 3.05) is 7.11 Å². The lowest BCUT2D eigenvalue weighted by Crippen LogP contribution is -2.13. The molecule has 122 valence electrons. The number of methoxy groups -OCH3 is 1. The fraction of sp³-hybridized carbons (Fsp3) is 0.133. The molecule has 0 aliphatic rings. The quantitative estimate of drug-likeness (QED) is 0.584. The molecule has 2 aromatic rings. The van der Waals surface area contributed by atoms with Crippen molar-refractivity contribution < 1.29 is 22.1 Å². The molecular weight excluding hydrogens is 363 g/mol. The first-order valence-corrected chi connectivity index (χ1v) is 8.50. The van der Waals surface area contributed by atoms with Gasteiger partial charge in [0.1, 0.15) is 10.6 Å². The van der Waals surface area contributed by atoms with Crippen LogP contribution in [0.3, 0.4) is 0 Å². The number of carbonyl (C=O) groups is 1. The Labute approximate surface area is 143 Å². The van der Waals surface area contributed by atoms with Crippen molar-refractivity contribution in [3.8, 4) is 11.5 Å². The largest absolute Gasteiger partial charge is 0.497 e. The summed E-state index contributed by atoms with van der Waals surface area (Å²) in [5.41, 5.74) is 0.0950. The molecule has 0 aliphatic carbocycles. The third-order valence-electron chi connectivity index (χ3n) is 2.94. The third-order valence-corrected chi connectivity index (χ3v) is 5.13. The van der Waals surface area contributed by atoms with E-state index in [0.29, 0.717) is 5.75 Å². The van der Waals surface area contributed by atoms with Gasteiger partial charge < -0.3 is 8.92 Å². The van der Waals surface area contributed by atoms with Gasteiger partial charge in [-0.05, 0) is 31.2 Å². The summed E-state index contributed by atoms with van der Waals surface area (Å²) in [6.07, 6.45) is 0. The number of ether oxygens (including phenoxy) is 1. The minimum absolute atomic E-state index is 0.0789. The van der Waals surface area contributed by atoms with Crippen molar-refractivity contribution >= 4 is 39.1 Å². The van der Waals surface area contributed by atoms with Gasteiger partial charge in [0.05, 0.1) is 22.7 Å². The predicted molar refractivity (Wildman–Crippen MR) is 87.3 cm³/mol. The molecule has 0 radical (unpaired) electrons. The molecule has 0 aliphatic heterocycles. The molecule has 0 atom stereocenters. The lowest BCUT2D eigenvalue weighted by atomic mass is 10.1. The molecule has 0 amide bonds. The van der Waals surface area contributed by atoms with Crippen LogP contribution in [0, 0.1) is 0 Å². The van der Waals surface area contributed by atoms with E-state index in [1.165, 1.54) is 50.4 Å². The highest BCUT2D eigenvalue weighted by molar-refractivity contribution is 7.87. The summed E-state index contributed by atoms with van der Waals surface area (Å²) in [6, 6.07) is 8.51. The standard InChI is InChI=1S/C15H12Cl2O5S/c1-9(18)11-7-6-10(21-2)8-14(11)22-23(19,20)15-12(16)4-3-5-13(15)17/h3-8H,1-2H3. The lowest BCUT2D eigenvalue weighted by molar-refractivity contribution is 0.101. The molecule has 8 heteroatoms. The van der Waals surface area contributed by atoms with Gasteiger partial charge in [-0.1, -0.05) is 29.3 Å². The molecule has 0 unspecified atom stereocenters. The van der Waals surface area contributed by atoms with Crippen LogP contribution in [0.25, 0.3) is 0 Å². The fourth-order valence-electron chi connectivity index (χ4n) is 1.87. The summed E-state index contributed by atoms with van der Waals surface area (Å²) in [4.78, 5) is 11.3. The Morgan fingerprint density at radius 2 is 1.70 bits per heavy atom. The van der Waals surface area contributed by atoms with Crippen LogP contribution < -0.4 is 8.92 Å². The molecule has 23 heavy (non-hydrogen) atoms. The van der Waals surface area contributed by atoms with Crippen molar-refractivity contribution in [2.45, 2.75) is 11.8 Å². The first-order valence-electron chi connectivity index (χ1n) is 6.33. The van der Waals surface area contributed by atoms with Crippen LogP contribution in [-0.2, 0) is 10.1 Å². The van der Waals surface area contributed by atoms with E-state index in [9.17, 15) is 13.2 Å². The van der Waals surface area contributed by atoms with Gasteiger partial charge in [-0.2, -0.15) is 8.42 Å². The van der Waals surface area contributed by atoms with Gasteiger partial charge in [-0.15, -0.1) is 0 Å². The van der Waals surface area contributed by atoms with Crippen molar-refractivity contribution in [1.29, 1.82) is 0 Å². The second-order valence-corrected chi connectivity index (χ2v) is 6.80. The maximum absolute atomic E-state index is 12.5. The van der Waals surface area contributed by atoms with Crippen LogP contribution in [0.1, 0.15) is 17.3 Å². The minimum atomic E-state index is -4.33. The molecule has 0 N–H and O–H groups in total. The summed E-state index contributed by atoms with van der Waals surface area (Å²) in [6.45, 7) is 1.30. The van der Waals surface area contributed by atoms with E-state index >= 15 is 0 Å². The van der Waals surface area contributed by atoms with E-state index in [2.05, 4.69) is 0 Å². The smallest absolute Gasteiger partial charge is 0.342 e. The van der Waals surface area contributed by atoms with E-state index in [1.807, 2.05) is 0 Å². The van der Waals surface area contributed by atoms with Crippen LogP contribution in [0.4, 0.5) is 0 Å². The van der Waals surface area contributed by atoms with Gasteiger partial charge in [-0.3, -0.25) is 4.79 Å². The Bertz CT molecular complexity index is 842. The molecule has 2 aromatic carbocycles. The number of hydrogen-bond donors (Lipinski definition) is 0. The van der Waals surface area contributed by atoms with Crippen LogP contribution in [0.5, 0.6) is 11.5 Å². The molecule has 0 fully saturated rings. The third kappa shape index (κ3) is 3.77. The van der Waals surface area contributed by atoms with E-state index in [0.717, 1.165) is 0 Å². The summed E-state index contributed by atoms with van der Waals surface area (Å²) < 4.78 is 35.1. The summed E-state index contributed by atoms with van der Waals surface area (Å²) in [7, 11) is -2.92. The highest BCUT2D eigenvalue weighted by atomic mass is 35.5. The lowest BCUT2D eigenvalue weighted by Gasteiger charge is -2.13. The van der Waals surface area contributed by atoms with Crippen LogP contribution in [0.2, 0.25) is 10.0 Å². The van der Waals surface area contributed by atoms with Crippen LogP contribution in [-0.4, -0.2) is 21.3 Å². The summed E-state index contributed by atoms with van der Waals surface area (Å²) in [5.74, 6) is -0.179. The Morgan fingerprint density at radius 1 is 1.09 bits per heavy atom. The molecule has 0 bridgehead atoms. The van der Waals surface area contributed by atoms with Crippen molar-refractivity contribution in [3.63, 3.8) is 0 Å². The topological polar surface area (TPSA) is 69.7 Å². The number of rotatable bonds is 5. The fourth-order valence-corrected chi connectivity index (χ4v) is 3.91. The zero-order valence-corrected chi connectivity index (χ0v) is 14.5. The molecule has 5 nitrogen and oxygen atoms in total. The van der Waals surface area contributed by atoms with Crippen LogP contribution >= 0.6 is 23.2 Å². The Morgan fingerprint density at radius 3 is 2.22 bits per heavy atom. The van der Waals surface area contributed by atoms with Crippen LogP contribution in [0.15, 0.2) is 41.3 Å². The number of ketones is 1. The number of hydrogen-bond acceptors (Lipinski definition) is 5. The number of Topliss-reactive ketones (excluding diaryl/α,β-unsaturated/α-hetero) is 1. The molecule has 0 heterocycles. The molecule has 0 saturated carbocycles. The molecule has 0 spiro atoms. The Balaban J connectivity index is 2.55. The molecular formula is C15H12Cl2O5S. The number of halogens is 2. The number of benzene rings is 2. The first-order chi connectivity index (χ1) is 10.8. The van der Waals surface area contributed by atoms with E-state index < -0.39 is 10.1 Å². The normalized spacial score (nSPS) is 11.1. The zero-order chi connectivity index (χ0) is 17.2. The van der Waals surface area contributed by atoms with Gasteiger partial charge in [0, 0.05) is 6.07 Å². The van der Waals surface area contributed by atoms with Gasteiger partial charge in [0.25, 0.3) is 0 Å². The Kier molecular flexibility index (Phi) is 5.19. The van der Waals surface area contributed by atoms with E-state index in [4.69, 9.17) is 32.1 Å². The minimum Gasteiger partial charge on any atom is -0.497 e. The summed E-state index contributed by atoms with van der Waals surface area (Å²) >= 11 is 11.8. The average molecular weight is 375 g/mol. The number of carbonyl (C=O) groups excluding carboxylic acids is 1. The zero-order valence-electron chi connectivity index (χ0n) is 12.2. The maximum Gasteiger partial charge on any atom is 0.342 e. The van der Waals surface area contributed by atoms with Crippen molar-refractivity contribution in [2.24, 2.45) is 0 Å². The summed E-state index contributed by atoms with van der Waals surface area (Å²) in [5, 5.41) is -0.158. The second kappa shape index (κ2) is 6.78. The SMILES string of the molecule is COc1ccc(C(C)=O)c(OS(=O)(=O)c2c(Cl)cccc2Cl)c1. The Hall–Kier alpha value is -1.76. The van der Waals surface area contributed by atoms with E-state index in [1.54, 1.807) is 0 Å². The highest BCUT2D eigenvalue weighted by Gasteiger charge is 2.26. The van der Waals surface area contributed by atoms with Gasteiger partial charge in [-0.25, -0.2) is 0 Å². The average Bonchev–Trinajstić information content (AvgIpc) is 2.45. The second-order valence-electron chi connectivity index (χ2n) is 4.51. The van der Waals surface area contributed by atoms with Gasteiger partial charge in [0.15, 0.2) is 11.5 Å². The molecule has 2 rings (SSSR count). The predicted octanol–water partition coefficient (Wildman–Crippen LogP) is 3.97. The van der Waals surface area contributed by atoms with Gasteiger partial charge >= 0.3 is 10.1 Å². The highest BCUT2D eigenvalue weighted by Crippen LogP contribution is 2.33. The monoisotopic (exact) mass is 374 g/mol.